The van der Waals surface area contributed by atoms with Crippen LogP contribution >= 0.6 is 11.8 Å². The SMILES string of the molecule is CO.CSCCN(C)Cc1cn(CCOCCOCCOCCN)nn1. The van der Waals surface area contributed by atoms with Crippen molar-refractivity contribution in [2.45, 2.75) is 13.1 Å². The molecular formula is C16H35N5O4S. The molecule has 0 radical (unpaired) electrons. The fourth-order valence-electron chi connectivity index (χ4n) is 1.91. The topological polar surface area (TPSA) is 108 Å². The smallest absolute Gasteiger partial charge is 0.0967 e. The Bertz CT molecular complexity index is 412. The maximum Gasteiger partial charge on any atom is 0.0967 e. The minimum atomic E-state index is 0.543. The van der Waals surface area contributed by atoms with Crippen molar-refractivity contribution < 1.29 is 19.3 Å². The van der Waals surface area contributed by atoms with E-state index in [1.165, 1.54) is 0 Å². The van der Waals surface area contributed by atoms with Crippen LogP contribution in [0.1, 0.15) is 5.69 Å². The summed E-state index contributed by atoms with van der Waals surface area (Å²) in [6.45, 7) is 6.55. The number of thioether (sulfide) groups is 1. The molecule has 1 aromatic rings. The van der Waals surface area contributed by atoms with Crippen LogP contribution in [-0.4, -0.2) is 104 Å². The molecule has 0 atom stereocenters. The van der Waals surface area contributed by atoms with Gasteiger partial charge in [-0.15, -0.1) is 5.10 Å². The number of aromatic nitrogens is 3. The number of hydrogen-bond acceptors (Lipinski definition) is 9. The van der Waals surface area contributed by atoms with Gasteiger partial charge >= 0.3 is 0 Å². The lowest BCUT2D eigenvalue weighted by Crippen LogP contribution is -2.20. The molecule has 10 heteroatoms. The Hall–Kier alpha value is -0.750. The molecule has 0 aliphatic heterocycles. The Kier molecular flexibility index (Phi) is 18.5. The minimum Gasteiger partial charge on any atom is -0.400 e. The molecule has 0 fully saturated rings. The van der Waals surface area contributed by atoms with Crippen LogP contribution in [0.15, 0.2) is 6.20 Å². The van der Waals surface area contributed by atoms with Gasteiger partial charge in [-0.25, -0.2) is 4.68 Å². The molecule has 26 heavy (non-hydrogen) atoms. The molecule has 0 aliphatic carbocycles. The predicted octanol–water partition coefficient (Wildman–Crippen LogP) is -0.310. The van der Waals surface area contributed by atoms with Gasteiger partial charge in [-0.3, -0.25) is 4.90 Å². The van der Waals surface area contributed by atoms with E-state index in [0.29, 0.717) is 52.7 Å². The summed E-state index contributed by atoms with van der Waals surface area (Å²) < 4.78 is 17.9. The molecular weight excluding hydrogens is 358 g/mol. The van der Waals surface area contributed by atoms with Crippen molar-refractivity contribution in [3.63, 3.8) is 0 Å². The lowest BCUT2D eigenvalue weighted by Gasteiger charge is -2.13. The van der Waals surface area contributed by atoms with Gasteiger partial charge in [0.1, 0.15) is 0 Å². The fraction of sp³-hybridized carbons (Fsp3) is 0.875. The molecule has 1 aromatic heterocycles. The second-order valence-corrected chi connectivity index (χ2v) is 6.31. The monoisotopic (exact) mass is 393 g/mol. The standard InChI is InChI=1S/C15H31N5O3S.CH4O/c1-19(5-12-24-2)13-15-14-20(18-17-15)4-7-22-9-11-23-10-8-21-6-3-16;1-2/h14H,3-13,16H2,1-2H3;2H,1H3. The quantitative estimate of drug-likeness (QED) is 0.366. The van der Waals surface area contributed by atoms with Crippen LogP contribution < -0.4 is 5.73 Å². The highest BCUT2D eigenvalue weighted by molar-refractivity contribution is 7.98. The maximum absolute atomic E-state index is 7.00. The third-order valence-corrected chi connectivity index (χ3v) is 3.76. The lowest BCUT2D eigenvalue weighted by molar-refractivity contribution is 0.0141. The van der Waals surface area contributed by atoms with E-state index in [9.17, 15) is 0 Å². The Balaban J connectivity index is 0.00000301. The van der Waals surface area contributed by atoms with Gasteiger partial charge in [0, 0.05) is 38.7 Å². The van der Waals surface area contributed by atoms with Crippen molar-refractivity contribution in [1.82, 2.24) is 19.9 Å². The summed E-state index contributed by atoms with van der Waals surface area (Å²) in [5.41, 5.74) is 6.30. The second kappa shape index (κ2) is 19.0. The Morgan fingerprint density at radius 2 is 1.73 bits per heavy atom. The first kappa shape index (κ1) is 25.2. The fourth-order valence-corrected chi connectivity index (χ4v) is 2.40. The second-order valence-electron chi connectivity index (χ2n) is 5.33. The average molecular weight is 394 g/mol. The van der Waals surface area contributed by atoms with E-state index in [4.69, 9.17) is 25.1 Å². The Labute approximate surface area is 161 Å². The van der Waals surface area contributed by atoms with Gasteiger partial charge in [-0.1, -0.05) is 5.21 Å². The highest BCUT2D eigenvalue weighted by Crippen LogP contribution is 2.00. The molecule has 1 rings (SSSR count). The highest BCUT2D eigenvalue weighted by atomic mass is 32.2. The van der Waals surface area contributed by atoms with Gasteiger partial charge in [0.25, 0.3) is 0 Å². The lowest BCUT2D eigenvalue weighted by atomic mass is 10.4. The van der Waals surface area contributed by atoms with E-state index in [0.717, 1.165) is 31.6 Å². The summed E-state index contributed by atoms with van der Waals surface area (Å²) in [7, 11) is 3.10. The summed E-state index contributed by atoms with van der Waals surface area (Å²) in [4.78, 5) is 2.25. The summed E-state index contributed by atoms with van der Waals surface area (Å²) in [5, 5.41) is 15.3. The van der Waals surface area contributed by atoms with Crippen molar-refractivity contribution in [3.05, 3.63) is 11.9 Å². The number of nitrogens with zero attached hydrogens (tertiary/aromatic N) is 4. The van der Waals surface area contributed by atoms with Crippen molar-refractivity contribution in [2.24, 2.45) is 5.73 Å². The van der Waals surface area contributed by atoms with Crippen LogP contribution in [0.4, 0.5) is 0 Å². The van der Waals surface area contributed by atoms with E-state index in [2.05, 4.69) is 28.5 Å². The van der Waals surface area contributed by atoms with Crippen molar-refractivity contribution in [2.75, 3.05) is 78.9 Å². The first-order valence-corrected chi connectivity index (χ1v) is 10.1. The van der Waals surface area contributed by atoms with Crippen molar-refractivity contribution >= 4 is 11.8 Å². The van der Waals surface area contributed by atoms with Crippen LogP contribution in [0.3, 0.4) is 0 Å². The first-order valence-electron chi connectivity index (χ1n) is 8.70. The molecule has 154 valence electrons. The third kappa shape index (κ3) is 14.4. The van der Waals surface area contributed by atoms with Gasteiger partial charge in [0.05, 0.1) is 51.9 Å². The van der Waals surface area contributed by atoms with Gasteiger partial charge in [0.2, 0.25) is 0 Å². The molecule has 0 amide bonds. The number of ether oxygens (including phenoxy) is 3. The molecule has 0 aliphatic rings. The summed E-state index contributed by atoms with van der Waals surface area (Å²) >= 11 is 1.85. The molecule has 0 unspecified atom stereocenters. The zero-order valence-corrected chi connectivity index (χ0v) is 17.1. The van der Waals surface area contributed by atoms with Crippen LogP contribution in [0.2, 0.25) is 0 Å². The summed E-state index contributed by atoms with van der Waals surface area (Å²) in [6, 6.07) is 0. The zero-order valence-electron chi connectivity index (χ0n) is 16.3. The minimum absolute atomic E-state index is 0.543. The van der Waals surface area contributed by atoms with Gasteiger partial charge in [-0.05, 0) is 13.3 Å². The van der Waals surface area contributed by atoms with Gasteiger partial charge in [-0.2, -0.15) is 11.8 Å². The Morgan fingerprint density at radius 3 is 2.35 bits per heavy atom. The number of nitrogens with two attached hydrogens (primary N) is 1. The average Bonchev–Trinajstić information content (AvgIpc) is 3.10. The van der Waals surface area contributed by atoms with E-state index in [-0.39, 0.29) is 0 Å². The normalized spacial score (nSPS) is 10.8. The molecule has 3 N–H and O–H groups in total. The highest BCUT2D eigenvalue weighted by Gasteiger charge is 2.04. The first-order chi connectivity index (χ1) is 12.8. The van der Waals surface area contributed by atoms with Crippen LogP contribution in [0, 0.1) is 0 Å². The molecule has 0 saturated heterocycles. The van der Waals surface area contributed by atoms with Crippen LogP contribution in [0.25, 0.3) is 0 Å². The van der Waals surface area contributed by atoms with Crippen molar-refractivity contribution in [1.29, 1.82) is 0 Å². The van der Waals surface area contributed by atoms with Crippen LogP contribution in [-0.2, 0) is 27.3 Å². The Morgan fingerprint density at radius 1 is 1.12 bits per heavy atom. The maximum atomic E-state index is 7.00. The van der Waals surface area contributed by atoms with E-state index in [1.54, 1.807) is 0 Å². The van der Waals surface area contributed by atoms with E-state index in [1.807, 2.05) is 22.6 Å². The molecule has 9 nitrogen and oxygen atoms in total. The molecule has 0 aromatic carbocycles. The van der Waals surface area contributed by atoms with Gasteiger partial charge in [0.15, 0.2) is 0 Å². The summed E-state index contributed by atoms with van der Waals surface area (Å²) in [6.07, 6.45) is 4.09. The van der Waals surface area contributed by atoms with Gasteiger partial charge < -0.3 is 25.1 Å². The van der Waals surface area contributed by atoms with E-state index < -0.39 is 0 Å². The number of rotatable bonds is 16. The van der Waals surface area contributed by atoms with Crippen molar-refractivity contribution in [3.8, 4) is 0 Å². The molecule has 1 heterocycles. The van der Waals surface area contributed by atoms with Crippen LogP contribution in [0.5, 0.6) is 0 Å². The molecule has 0 saturated carbocycles. The number of aliphatic hydroxyl groups excluding tert-OH is 1. The zero-order chi connectivity index (χ0) is 19.5. The van der Waals surface area contributed by atoms with E-state index >= 15 is 0 Å². The number of hydrogen-bond donors (Lipinski definition) is 2. The third-order valence-electron chi connectivity index (χ3n) is 3.17. The molecule has 0 bridgehead atoms. The summed E-state index contributed by atoms with van der Waals surface area (Å²) in [5.74, 6) is 1.12. The number of aliphatic hydroxyl groups is 1. The largest absolute Gasteiger partial charge is 0.400 e. The predicted molar refractivity (Wildman–Crippen MR) is 104 cm³/mol. The molecule has 0 spiro atoms.